The van der Waals surface area contributed by atoms with Gasteiger partial charge in [-0.1, -0.05) is 0 Å². The molecule has 5 heteroatoms. The van der Waals surface area contributed by atoms with E-state index in [0.29, 0.717) is 24.6 Å². The second-order valence-electron chi connectivity index (χ2n) is 3.34. The summed E-state index contributed by atoms with van der Waals surface area (Å²) in [7, 11) is 0. The van der Waals surface area contributed by atoms with Gasteiger partial charge in [-0.2, -0.15) is 13.2 Å². The quantitative estimate of drug-likeness (QED) is 0.721. The molecule has 0 atom stereocenters. The van der Waals surface area contributed by atoms with Gasteiger partial charge >= 0.3 is 6.18 Å². The molecule has 1 aliphatic heterocycles. The molecule has 2 rings (SSSR count). The van der Waals surface area contributed by atoms with Gasteiger partial charge in [0.1, 0.15) is 5.75 Å². The average Bonchev–Trinajstić information content (AvgIpc) is 2.39. The molecule has 1 heterocycles. The zero-order valence-electron chi connectivity index (χ0n) is 7.90. The van der Waals surface area contributed by atoms with Crippen LogP contribution in [0, 0.1) is 0 Å². The molecule has 15 heavy (non-hydrogen) atoms. The van der Waals surface area contributed by atoms with Crippen molar-refractivity contribution in [3.05, 3.63) is 23.8 Å². The molecule has 0 saturated heterocycles. The van der Waals surface area contributed by atoms with Gasteiger partial charge in [-0.25, -0.2) is 0 Å². The minimum atomic E-state index is -4.30. The van der Waals surface area contributed by atoms with E-state index in [0.717, 1.165) is 18.6 Å². The molecule has 0 aromatic heterocycles. The molecule has 1 aromatic carbocycles. The predicted molar refractivity (Wildman–Crippen MR) is 50.0 cm³/mol. The van der Waals surface area contributed by atoms with Crippen molar-refractivity contribution < 1.29 is 17.9 Å². The summed E-state index contributed by atoms with van der Waals surface area (Å²) in [4.78, 5) is 0. The van der Waals surface area contributed by atoms with Crippen LogP contribution in [0.25, 0.3) is 0 Å². The minimum absolute atomic E-state index is 0.419. The Labute approximate surface area is 85.0 Å². The largest absolute Gasteiger partial charge is 0.491 e. The smallest absolute Gasteiger partial charge is 0.416 e. The molecular weight excluding hydrogens is 207 g/mol. The highest BCUT2D eigenvalue weighted by Crippen LogP contribution is 2.35. The van der Waals surface area contributed by atoms with Gasteiger partial charge in [0.25, 0.3) is 0 Å². The number of nitrogens with one attached hydrogen (secondary N) is 1. The molecule has 0 fully saturated rings. The lowest BCUT2D eigenvalue weighted by molar-refractivity contribution is -0.137. The Balaban J connectivity index is 2.36. The second-order valence-corrected chi connectivity index (χ2v) is 3.34. The Kier molecular flexibility index (Phi) is 2.46. The van der Waals surface area contributed by atoms with Crippen molar-refractivity contribution in [2.24, 2.45) is 0 Å². The van der Waals surface area contributed by atoms with E-state index < -0.39 is 11.7 Å². The highest BCUT2D eigenvalue weighted by Gasteiger charge is 2.31. The van der Waals surface area contributed by atoms with Crippen LogP contribution in [0.4, 0.5) is 18.9 Å². The number of rotatable bonds is 0. The Hall–Kier alpha value is -1.39. The van der Waals surface area contributed by atoms with Gasteiger partial charge in [0.2, 0.25) is 0 Å². The lowest BCUT2D eigenvalue weighted by Crippen LogP contribution is -2.06. The summed E-state index contributed by atoms with van der Waals surface area (Å²) in [5, 5.41) is 2.91. The van der Waals surface area contributed by atoms with Crippen LogP contribution in [0.15, 0.2) is 18.2 Å². The van der Waals surface area contributed by atoms with Crippen molar-refractivity contribution in [1.29, 1.82) is 0 Å². The van der Waals surface area contributed by atoms with Gasteiger partial charge in [0, 0.05) is 6.54 Å². The number of halogens is 3. The molecule has 2 nitrogen and oxygen atoms in total. The van der Waals surface area contributed by atoms with E-state index in [-0.39, 0.29) is 0 Å². The third-order valence-electron chi connectivity index (χ3n) is 2.20. The molecule has 0 unspecified atom stereocenters. The van der Waals surface area contributed by atoms with Crippen molar-refractivity contribution in [2.75, 3.05) is 18.5 Å². The molecular formula is C10H10F3NO. The van der Waals surface area contributed by atoms with Crippen LogP contribution in [-0.4, -0.2) is 13.2 Å². The lowest BCUT2D eigenvalue weighted by atomic mass is 10.2. The van der Waals surface area contributed by atoms with Crippen LogP contribution in [0.1, 0.15) is 12.0 Å². The van der Waals surface area contributed by atoms with E-state index in [1.165, 1.54) is 6.07 Å². The Morgan fingerprint density at radius 2 is 2.07 bits per heavy atom. The van der Waals surface area contributed by atoms with Gasteiger partial charge in [0.05, 0.1) is 17.9 Å². The summed E-state index contributed by atoms with van der Waals surface area (Å²) < 4.78 is 42.5. The molecule has 0 saturated carbocycles. The third-order valence-corrected chi connectivity index (χ3v) is 2.20. The van der Waals surface area contributed by atoms with Crippen LogP contribution in [-0.2, 0) is 6.18 Å². The molecule has 0 aliphatic carbocycles. The summed E-state index contributed by atoms with van der Waals surface area (Å²) in [6.45, 7) is 1.17. The summed E-state index contributed by atoms with van der Waals surface area (Å²) in [5.41, 5.74) is -0.235. The molecule has 1 aliphatic rings. The standard InChI is InChI=1S/C10H10F3NO/c11-10(12,13)7-2-3-9-8(6-7)14-4-1-5-15-9/h2-3,6,14H,1,4-5H2. The number of benzene rings is 1. The number of hydrogen-bond acceptors (Lipinski definition) is 2. The number of hydrogen-bond donors (Lipinski definition) is 1. The maximum Gasteiger partial charge on any atom is 0.416 e. The highest BCUT2D eigenvalue weighted by atomic mass is 19.4. The van der Waals surface area contributed by atoms with Crippen molar-refractivity contribution >= 4 is 5.69 Å². The number of fused-ring (bicyclic) bond motifs is 1. The molecule has 0 amide bonds. The fourth-order valence-corrected chi connectivity index (χ4v) is 1.45. The van der Waals surface area contributed by atoms with Crippen LogP contribution in [0.2, 0.25) is 0 Å². The van der Waals surface area contributed by atoms with E-state index in [4.69, 9.17) is 4.74 Å². The van der Waals surface area contributed by atoms with Gasteiger partial charge < -0.3 is 10.1 Å². The van der Waals surface area contributed by atoms with E-state index in [1.54, 1.807) is 0 Å². The average molecular weight is 217 g/mol. The van der Waals surface area contributed by atoms with Crippen LogP contribution >= 0.6 is 0 Å². The summed E-state index contributed by atoms with van der Waals surface area (Å²) >= 11 is 0. The molecule has 0 bridgehead atoms. The third kappa shape index (κ3) is 2.16. The second kappa shape index (κ2) is 3.64. The molecule has 0 spiro atoms. The normalized spacial score (nSPS) is 15.9. The van der Waals surface area contributed by atoms with Crippen molar-refractivity contribution in [2.45, 2.75) is 12.6 Å². The molecule has 1 aromatic rings. The van der Waals surface area contributed by atoms with E-state index in [2.05, 4.69) is 5.32 Å². The maximum absolute atomic E-state index is 12.4. The zero-order valence-corrected chi connectivity index (χ0v) is 7.90. The van der Waals surface area contributed by atoms with E-state index in [1.807, 2.05) is 0 Å². The van der Waals surface area contributed by atoms with Gasteiger partial charge in [-0.3, -0.25) is 0 Å². The Morgan fingerprint density at radius 3 is 2.80 bits per heavy atom. The minimum Gasteiger partial charge on any atom is -0.491 e. The molecule has 0 radical (unpaired) electrons. The number of alkyl halides is 3. The van der Waals surface area contributed by atoms with Gasteiger partial charge in [-0.15, -0.1) is 0 Å². The van der Waals surface area contributed by atoms with Crippen molar-refractivity contribution in [3.63, 3.8) is 0 Å². The fraction of sp³-hybridized carbons (Fsp3) is 0.400. The van der Waals surface area contributed by atoms with Crippen LogP contribution < -0.4 is 10.1 Å². The zero-order chi connectivity index (χ0) is 10.9. The fourth-order valence-electron chi connectivity index (χ4n) is 1.45. The number of ether oxygens (including phenoxy) is 1. The lowest BCUT2D eigenvalue weighted by Gasteiger charge is -2.11. The van der Waals surface area contributed by atoms with Crippen LogP contribution in [0.3, 0.4) is 0 Å². The first-order valence-corrected chi connectivity index (χ1v) is 4.65. The van der Waals surface area contributed by atoms with Crippen molar-refractivity contribution in [3.8, 4) is 5.75 Å². The van der Waals surface area contributed by atoms with Crippen LogP contribution in [0.5, 0.6) is 5.75 Å². The SMILES string of the molecule is FC(F)(F)c1ccc2c(c1)NCCCO2. The maximum atomic E-state index is 12.4. The van der Waals surface area contributed by atoms with Gasteiger partial charge in [0.15, 0.2) is 0 Å². The highest BCUT2D eigenvalue weighted by molar-refractivity contribution is 5.59. The molecule has 1 N–H and O–H groups in total. The van der Waals surface area contributed by atoms with E-state index in [9.17, 15) is 13.2 Å². The predicted octanol–water partition coefficient (Wildman–Crippen LogP) is 2.90. The van der Waals surface area contributed by atoms with E-state index >= 15 is 0 Å². The van der Waals surface area contributed by atoms with Gasteiger partial charge in [-0.05, 0) is 24.6 Å². The topological polar surface area (TPSA) is 21.3 Å². The first-order chi connectivity index (χ1) is 7.07. The monoisotopic (exact) mass is 217 g/mol. The van der Waals surface area contributed by atoms with Crippen molar-refractivity contribution in [1.82, 2.24) is 0 Å². The molecule has 82 valence electrons. The number of anilines is 1. The Morgan fingerprint density at radius 1 is 1.27 bits per heavy atom. The first kappa shape index (κ1) is 10.1. The summed E-state index contributed by atoms with van der Waals surface area (Å²) in [6, 6.07) is 3.48. The Bertz CT molecular complexity index is 362. The summed E-state index contributed by atoms with van der Waals surface area (Å²) in [5.74, 6) is 0.487. The first-order valence-electron chi connectivity index (χ1n) is 4.65. The summed E-state index contributed by atoms with van der Waals surface area (Å²) in [6.07, 6.45) is -3.51.